The summed E-state index contributed by atoms with van der Waals surface area (Å²) in [5, 5.41) is 0. The van der Waals surface area contributed by atoms with Crippen LogP contribution in [0.2, 0.25) is 0 Å². The van der Waals surface area contributed by atoms with Gasteiger partial charge in [0.2, 0.25) is 0 Å². The molecule has 3 aliphatic carbocycles. The van der Waals surface area contributed by atoms with Crippen LogP contribution in [0.5, 0.6) is 0 Å². The van der Waals surface area contributed by atoms with Crippen LogP contribution in [0.4, 0.5) is 0 Å². The van der Waals surface area contributed by atoms with Crippen molar-refractivity contribution in [3.05, 3.63) is 112 Å². The van der Waals surface area contributed by atoms with Crippen molar-refractivity contribution in [2.24, 2.45) is 29.1 Å². The number of fused-ring (bicyclic) bond motifs is 1. The second-order valence-electron chi connectivity index (χ2n) is 14.7. The number of allylic oxidation sites excluding steroid dienone is 6. The molecule has 1 fully saturated rings. The summed E-state index contributed by atoms with van der Waals surface area (Å²) in [6.07, 6.45) is 16.5. The highest BCUT2D eigenvalue weighted by Gasteiger charge is 2.31. The van der Waals surface area contributed by atoms with Crippen molar-refractivity contribution in [1.29, 1.82) is 0 Å². The van der Waals surface area contributed by atoms with E-state index in [-0.39, 0.29) is 5.41 Å². The summed E-state index contributed by atoms with van der Waals surface area (Å²) in [4.78, 5) is 0. The average Bonchev–Trinajstić information content (AvgIpc) is 3.55. The quantitative estimate of drug-likeness (QED) is 0.290. The normalized spacial score (nSPS) is 24.1. The molecular weight excluding hydrogens is 492 g/mol. The highest BCUT2D eigenvalue weighted by atomic mass is 14.4. The van der Waals surface area contributed by atoms with E-state index in [0.29, 0.717) is 17.8 Å². The molecule has 0 N–H and O–H groups in total. The summed E-state index contributed by atoms with van der Waals surface area (Å²) in [6.45, 7) is 27.3. The van der Waals surface area contributed by atoms with E-state index in [2.05, 4.69) is 110 Å². The molecule has 0 aliphatic heterocycles. The minimum Gasteiger partial charge on any atom is -0.0996 e. The maximum atomic E-state index is 4.62. The van der Waals surface area contributed by atoms with Crippen LogP contribution in [0.3, 0.4) is 0 Å². The van der Waals surface area contributed by atoms with Crippen LogP contribution < -0.4 is 0 Å². The highest BCUT2D eigenvalue weighted by molar-refractivity contribution is 5.80. The summed E-state index contributed by atoms with van der Waals surface area (Å²) < 4.78 is 0. The van der Waals surface area contributed by atoms with E-state index in [9.17, 15) is 0 Å². The van der Waals surface area contributed by atoms with Crippen molar-refractivity contribution in [2.75, 3.05) is 0 Å². The van der Waals surface area contributed by atoms with Gasteiger partial charge in [0, 0.05) is 5.92 Å². The number of benzene rings is 2. The van der Waals surface area contributed by atoms with E-state index >= 15 is 0 Å². The van der Waals surface area contributed by atoms with Gasteiger partial charge in [-0.25, -0.2) is 0 Å². The van der Waals surface area contributed by atoms with E-state index < -0.39 is 0 Å². The first kappa shape index (κ1) is 29.6. The summed E-state index contributed by atoms with van der Waals surface area (Å²) in [6, 6.07) is 11.8. The van der Waals surface area contributed by atoms with Crippen molar-refractivity contribution in [3.63, 3.8) is 0 Å². The van der Waals surface area contributed by atoms with E-state index in [1.54, 1.807) is 5.56 Å². The topological polar surface area (TPSA) is 0 Å². The van der Waals surface area contributed by atoms with Gasteiger partial charge in [0.15, 0.2) is 0 Å². The average molecular weight is 545 g/mol. The van der Waals surface area contributed by atoms with Gasteiger partial charge in [-0.05, 0) is 127 Å². The van der Waals surface area contributed by atoms with Crippen molar-refractivity contribution >= 4 is 6.08 Å². The van der Waals surface area contributed by atoms with Crippen molar-refractivity contribution < 1.29 is 0 Å². The summed E-state index contributed by atoms with van der Waals surface area (Å²) in [7, 11) is 0. The van der Waals surface area contributed by atoms with Gasteiger partial charge in [-0.2, -0.15) is 0 Å². The van der Waals surface area contributed by atoms with Crippen LogP contribution in [0, 0.1) is 42.9 Å². The first-order chi connectivity index (χ1) is 19.4. The summed E-state index contributed by atoms with van der Waals surface area (Å²) in [5.74, 6) is 2.25. The molecule has 0 aromatic heterocycles. The van der Waals surface area contributed by atoms with Gasteiger partial charge >= 0.3 is 0 Å². The number of hydrogen-bond acceptors (Lipinski definition) is 0. The molecule has 216 valence electrons. The fraction of sp³-hybridized carbons (Fsp3) is 0.463. The Kier molecular flexibility index (Phi) is 8.52. The Morgan fingerprint density at radius 1 is 1.00 bits per heavy atom. The molecule has 0 amide bonds. The zero-order valence-electron chi connectivity index (χ0n) is 26.7. The molecule has 0 nitrogen and oxygen atoms in total. The lowest BCUT2D eigenvalue weighted by Crippen LogP contribution is -2.21. The Labute approximate surface area is 251 Å². The van der Waals surface area contributed by atoms with E-state index in [1.807, 2.05) is 0 Å². The van der Waals surface area contributed by atoms with Gasteiger partial charge in [-0.15, -0.1) is 0 Å². The smallest absolute Gasteiger partial charge is 0.00827 e. The first-order valence-electron chi connectivity index (χ1n) is 16.1. The molecule has 0 saturated heterocycles. The fourth-order valence-corrected chi connectivity index (χ4v) is 7.90. The van der Waals surface area contributed by atoms with Crippen LogP contribution in [-0.4, -0.2) is 0 Å². The standard InChI is InChI=1S/C41H52/c1-10-27(3)33-17-15-31(20-33)22-38-29(5)18-26(2)19-40(38)36-13-11-12-34-21-32(24-39(34)36)23-37-28(4)14-16-35(30(37)6)25-41(7,8)9/h11-14,16,18-19,21,31,33,35,37H,3-4,6,10,15,17,20,22-25H2,1-2,5,7-9H3/t31-,33?,35?,37?/m1/s1. The Balaban J connectivity index is 1.39. The van der Waals surface area contributed by atoms with Crippen molar-refractivity contribution in [2.45, 2.75) is 92.9 Å². The van der Waals surface area contributed by atoms with Crippen LogP contribution in [0.15, 0.2) is 84.5 Å². The third-order valence-electron chi connectivity index (χ3n) is 10.2. The van der Waals surface area contributed by atoms with Gasteiger partial charge in [0.25, 0.3) is 0 Å². The molecule has 3 aliphatic rings. The molecule has 2 aromatic carbocycles. The van der Waals surface area contributed by atoms with Gasteiger partial charge in [0.1, 0.15) is 0 Å². The Morgan fingerprint density at radius 2 is 1.78 bits per heavy atom. The van der Waals surface area contributed by atoms with Crippen LogP contribution in [0.25, 0.3) is 17.2 Å². The monoisotopic (exact) mass is 544 g/mol. The third-order valence-corrected chi connectivity index (χ3v) is 10.2. The number of rotatable bonds is 8. The fourth-order valence-electron chi connectivity index (χ4n) is 7.90. The van der Waals surface area contributed by atoms with Gasteiger partial charge in [-0.1, -0.05) is 118 Å². The van der Waals surface area contributed by atoms with Crippen molar-refractivity contribution in [1.82, 2.24) is 0 Å². The molecule has 4 atom stereocenters. The second-order valence-corrected chi connectivity index (χ2v) is 14.7. The summed E-state index contributed by atoms with van der Waals surface area (Å²) in [5.41, 5.74) is 16.0. The van der Waals surface area contributed by atoms with Crippen LogP contribution in [-0.2, 0) is 12.8 Å². The number of hydrogen-bond donors (Lipinski definition) is 0. The minimum absolute atomic E-state index is 0.284. The molecule has 0 radical (unpaired) electrons. The summed E-state index contributed by atoms with van der Waals surface area (Å²) >= 11 is 0. The second kappa shape index (κ2) is 11.8. The van der Waals surface area contributed by atoms with E-state index in [0.717, 1.165) is 31.6 Å². The van der Waals surface area contributed by atoms with Crippen molar-refractivity contribution in [3.8, 4) is 11.1 Å². The largest absolute Gasteiger partial charge is 0.0996 e. The lowest BCUT2D eigenvalue weighted by Gasteiger charge is -2.33. The van der Waals surface area contributed by atoms with E-state index in [4.69, 9.17) is 0 Å². The molecule has 5 rings (SSSR count). The zero-order chi connectivity index (χ0) is 29.5. The Hall–Kier alpha value is -2.86. The lowest BCUT2D eigenvalue weighted by molar-refractivity contribution is 0.334. The molecular formula is C41H52. The number of aryl methyl sites for hydroxylation is 2. The maximum Gasteiger partial charge on any atom is 0.00827 e. The lowest BCUT2D eigenvalue weighted by atomic mass is 9.71. The van der Waals surface area contributed by atoms with E-state index in [1.165, 1.54) is 81.4 Å². The molecule has 0 spiro atoms. The van der Waals surface area contributed by atoms with Gasteiger partial charge in [-0.3, -0.25) is 0 Å². The SMILES string of the molecule is C=C(CC)C1CC[C@@H](Cc2c(C)cc(C)cc2-c2cccc3c2CC(CC2C(=C)C=CC(CC(C)(C)C)C2=C)=C3)C1. The van der Waals surface area contributed by atoms with Crippen LogP contribution in [0.1, 0.15) is 94.0 Å². The highest BCUT2D eigenvalue weighted by Crippen LogP contribution is 2.45. The first-order valence-corrected chi connectivity index (χ1v) is 16.1. The molecule has 1 saturated carbocycles. The predicted molar refractivity (Wildman–Crippen MR) is 180 cm³/mol. The molecule has 0 heteroatoms. The molecule has 0 bridgehead atoms. The Bertz CT molecular complexity index is 1410. The maximum absolute atomic E-state index is 4.62. The van der Waals surface area contributed by atoms with Gasteiger partial charge in [0.05, 0.1) is 0 Å². The third kappa shape index (κ3) is 6.48. The minimum atomic E-state index is 0.284. The molecule has 0 heterocycles. The molecule has 41 heavy (non-hydrogen) atoms. The Morgan fingerprint density at radius 3 is 2.51 bits per heavy atom. The molecule has 2 aromatic rings. The van der Waals surface area contributed by atoms with Gasteiger partial charge < -0.3 is 0 Å². The zero-order valence-corrected chi connectivity index (χ0v) is 26.7. The van der Waals surface area contributed by atoms with Crippen LogP contribution >= 0.6 is 0 Å². The molecule has 3 unspecified atom stereocenters. The predicted octanol–water partition coefficient (Wildman–Crippen LogP) is 11.6.